The Labute approximate surface area is 143 Å². The number of hydrogen-bond acceptors (Lipinski definition) is 4. The molecule has 0 aromatic carbocycles. The molecule has 4 amide bonds. The number of likely N-dealkylation sites (tertiary alicyclic amines) is 1. The van der Waals surface area contributed by atoms with E-state index >= 15 is 0 Å². The number of amides is 4. The van der Waals surface area contributed by atoms with E-state index in [9.17, 15) is 14.4 Å². The minimum Gasteiger partial charge on any atom is -0.342 e. The van der Waals surface area contributed by atoms with Crippen LogP contribution >= 0.6 is 0 Å². The lowest BCUT2D eigenvalue weighted by atomic mass is 9.97. The van der Waals surface area contributed by atoms with Crippen LogP contribution < -0.4 is 10.6 Å². The van der Waals surface area contributed by atoms with Crippen molar-refractivity contribution < 1.29 is 14.4 Å². The van der Waals surface area contributed by atoms with Crippen molar-refractivity contribution in [1.29, 1.82) is 0 Å². The number of nitrogens with zero attached hydrogens (tertiary/aromatic N) is 2. The number of rotatable bonds is 5. The molecule has 1 saturated carbocycles. The Morgan fingerprint density at radius 3 is 2.75 bits per heavy atom. The van der Waals surface area contributed by atoms with E-state index in [-0.39, 0.29) is 30.8 Å². The fourth-order valence-electron chi connectivity index (χ4n) is 4.31. The molecule has 24 heavy (non-hydrogen) atoms. The van der Waals surface area contributed by atoms with E-state index in [1.807, 2.05) is 11.9 Å². The van der Waals surface area contributed by atoms with E-state index in [0.717, 1.165) is 58.2 Å². The predicted octanol–water partition coefficient (Wildman–Crippen LogP) is 0.699. The number of nitrogens with one attached hydrogen (secondary N) is 2. The highest BCUT2D eigenvalue weighted by molar-refractivity contribution is 6.07. The highest BCUT2D eigenvalue weighted by Crippen LogP contribution is 2.35. The Balaban J connectivity index is 1.52. The zero-order valence-corrected chi connectivity index (χ0v) is 14.5. The van der Waals surface area contributed by atoms with Crippen molar-refractivity contribution in [2.45, 2.75) is 50.5 Å². The summed E-state index contributed by atoms with van der Waals surface area (Å²) in [5.41, 5.74) is -0.677. The van der Waals surface area contributed by atoms with Crippen LogP contribution in [0.15, 0.2) is 0 Å². The lowest BCUT2D eigenvalue weighted by Crippen LogP contribution is -2.45. The van der Waals surface area contributed by atoms with Gasteiger partial charge in [-0.05, 0) is 45.2 Å². The second kappa shape index (κ2) is 7.09. The van der Waals surface area contributed by atoms with E-state index in [1.165, 1.54) is 4.90 Å². The number of imide groups is 1. The third-order valence-electron chi connectivity index (χ3n) is 5.62. The van der Waals surface area contributed by atoms with Crippen LogP contribution in [0.1, 0.15) is 44.9 Å². The summed E-state index contributed by atoms with van der Waals surface area (Å²) in [6, 6.07) is -0.332. The fraction of sp³-hybridized carbons (Fsp3) is 0.824. The molecule has 2 aliphatic heterocycles. The number of carbonyl (C=O) groups excluding carboxylic acids is 3. The van der Waals surface area contributed by atoms with E-state index in [2.05, 4.69) is 10.6 Å². The second-order valence-corrected chi connectivity index (χ2v) is 7.33. The molecule has 1 atom stereocenters. The largest absolute Gasteiger partial charge is 0.342 e. The van der Waals surface area contributed by atoms with Crippen LogP contribution in [0, 0.1) is 5.92 Å². The van der Waals surface area contributed by atoms with Crippen molar-refractivity contribution in [3.8, 4) is 0 Å². The first-order valence-electron chi connectivity index (χ1n) is 9.12. The number of piperidine rings is 1. The smallest absolute Gasteiger partial charge is 0.325 e. The number of carbonyl (C=O) groups is 3. The quantitative estimate of drug-likeness (QED) is 0.724. The molecule has 134 valence electrons. The summed E-state index contributed by atoms with van der Waals surface area (Å²) in [5, 5.41) is 6.03. The molecule has 0 bridgehead atoms. The molecule has 1 spiro atoms. The Hall–Kier alpha value is -1.63. The third kappa shape index (κ3) is 3.27. The molecular weight excluding hydrogens is 308 g/mol. The Bertz CT molecular complexity index is 514. The second-order valence-electron chi connectivity index (χ2n) is 7.33. The van der Waals surface area contributed by atoms with Gasteiger partial charge in [0, 0.05) is 26.1 Å². The summed E-state index contributed by atoms with van der Waals surface area (Å²) < 4.78 is 0. The van der Waals surface area contributed by atoms with Gasteiger partial charge in [0.25, 0.3) is 5.91 Å². The van der Waals surface area contributed by atoms with Crippen molar-refractivity contribution in [3.05, 3.63) is 0 Å². The van der Waals surface area contributed by atoms with Crippen molar-refractivity contribution in [3.63, 3.8) is 0 Å². The normalized spacial score (nSPS) is 26.3. The summed E-state index contributed by atoms with van der Waals surface area (Å²) in [5.74, 6) is 0.402. The van der Waals surface area contributed by atoms with Gasteiger partial charge < -0.3 is 15.5 Å². The van der Waals surface area contributed by atoms with E-state index in [0.29, 0.717) is 5.92 Å². The van der Waals surface area contributed by atoms with Crippen molar-refractivity contribution >= 4 is 17.8 Å². The number of urea groups is 1. The van der Waals surface area contributed by atoms with Crippen LogP contribution in [0.4, 0.5) is 4.79 Å². The van der Waals surface area contributed by atoms with Crippen LogP contribution in [-0.2, 0) is 9.59 Å². The number of hydrogen-bond donors (Lipinski definition) is 2. The predicted molar refractivity (Wildman–Crippen MR) is 89.3 cm³/mol. The molecular formula is C17H28N4O3. The average Bonchev–Trinajstić information content (AvgIpc) is 3.13. The zero-order valence-electron chi connectivity index (χ0n) is 14.5. The summed E-state index contributed by atoms with van der Waals surface area (Å²) in [6.07, 6.45) is 5.77. The summed E-state index contributed by atoms with van der Waals surface area (Å²) >= 11 is 0. The molecule has 2 saturated heterocycles. The maximum absolute atomic E-state index is 12.6. The molecule has 3 aliphatic rings. The minimum absolute atomic E-state index is 0.0452. The molecule has 3 rings (SSSR count). The molecule has 2 heterocycles. The van der Waals surface area contributed by atoms with E-state index in [4.69, 9.17) is 0 Å². The highest BCUT2D eigenvalue weighted by atomic mass is 16.2. The maximum Gasteiger partial charge on any atom is 0.325 e. The van der Waals surface area contributed by atoms with E-state index < -0.39 is 5.54 Å². The first-order chi connectivity index (χ1) is 11.6. The average molecular weight is 336 g/mol. The third-order valence-corrected chi connectivity index (χ3v) is 5.62. The SMILES string of the molecule is CNC[C@H]1CCCN(C(=O)CCN2C(=O)NC3(CCCC3)C2=O)C1. The summed E-state index contributed by atoms with van der Waals surface area (Å²) in [6.45, 7) is 2.66. The molecule has 3 fully saturated rings. The molecule has 2 N–H and O–H groups in total. The minimum atomic E-state index is -0.677. The highest BCUT2D eigenvalue weighted by Gasteiger charge is 2.52. The van der Waals surface area contributed by atoms with Crippen LogP contribution in [0.2, 0.25) is 0 Å². The Morgan fingerprint density at radius 1 is 1.29 bits per heavy atom. The summed E-state index contributed by atoms with van der Waals surface area (Å²) in [7, 11) is 1.93. The molecule has 0 radical (unpaired) electrons. The molecule has 1 aliphatic carbocycles. The van der Waals surface area contributed by atoms with Gasteiger partial charge in [-0.3, -0.25) is 14.5 Å². The van der Waals surface area contributed by atoms with Gasteiger partial charge in [-0.1, -0.05) is 12.8 Å². The first-order valence-corrected chi connectivity index (χ1v) is 9.12. The molecule has 7 nitrogen and oxygen atoms in total. The standard InChI is InChI=1S/C17H28N4O3/c1-18-11-13-5-4-9-20(12-13)14(22)6-10-21-15(23)17(19-16(21)24)7-2-3-8-17/h13,18H,2-12H2,1H3,(H,19,24)/t13-/m1/s1. The van der Waals surface area contributed by atoms with Crippen molar-refractivity contribution in [1.82, 2.24) is 20.4 Å². The van der Waals surface area contributed by atoms with Crippen LogP contribution in [0.3, 0.4) is 0 Å². The Morgan fingerprint density at radius 2 is 2.04 bits per heavy atom. The first kappa shape index (κ1) is 17.2. The monoisotopic (exact) mass is 336 g/mol. The lowest BCUT2D eigenvalue weighted by Gasteiger charge is -2.33. The van der Waals surface area contributed by atoms with Gasteiger partial charge in [0.2, 0.25) is 5.91 Å². The molecule has 0 unspecified atom stereocenters. The van der Waals surface area contributed by atoms with Gasteiger partial charge in [-0.2, -0.15) is 0 Å². The Kier molecular flexibility index (Phi) is 5.08. The topological polar surface area (TPSA) is 81.8 Å². The fourth-order valence-corrected chi connectivity index (χ4v) is 4.31. The molecule has 7 heteroatoms. The van der Waals surface area contributed by atoms with Gasteiger partial charge in [0.05, 0.1) is 0 Å². The molecule has 0 aromatic heterocycles. The molecule has 0 aromatic rings. The van der Waals surface area contributed by atoms with Crippen molar-refractivity contribution in [2.24, 2.45) is 5.92 Å². The van der Waals surface area contributed by atoms with Gasteiger partial charge in [0.1, 0.15) is 5.54 Å². The maximum atomic E-state index is 12.6. The van der Waals surface area contributed by atoms with Gasteiger partial charge >= 0.3 is 6.03 Å². The van der Waals surface area contributed by atoms with Gasteiger partial charge in [0.15, 0.2) is 0 Å². The summed E-state index contributed by atoms with van der Waals surface area (Å²) in [4.78, 5) is 40.3. The van der Waals surface area contributed by atoms with Crippen LogP contribution in [0.5, 0.6) is 0 Å². The lowest BCUT2D eigenvalue weighted by molar-refractivity contribution is -0.134. The van der Waals surface area contributed by atoms with Crippen LogP contribution in [-0.4, -0.2) is 66.4 Å². The van der Waals surface area contributed by atoms with Crippen LogP contribution in [0.25, 0.3) is 0 Å². The zero-order chi connectivity index (χ0) is 17.2. The van der Waals surface area contributed by atoms with Gasteiger partial charge in [-0.15, -0.1) is 0 Å². The van der Waals surface area contributed by atoms with E-state index in [1.54, 1.807) is 0 Å². The van der Waals surface area contributed by atoms with Crippen molar-refractivity contribution in [2.75, 3.05) is 33.2 Å². The van der Waals surface area contributed by atoms with Gasteiger partial charge in [-0.25, -0.2) is 4.79 Å².